The van der Waals surface area contributed by atoms with Crippen LogP contribution in [0.25, 0.3) is 11.0 Å². The summed E-state index contributed by atoms with van der Waals surface area (Å²) in [5.41, 5.74) is 0.298. The van der Waals surface area contributed by atoms with Crippen LogP contribution in [0.3, 0.4) is 0 Å². The summed E-state index contributed by atoms with van der Waals surface area (Å²) in [6.45, 7) is 5.27. The summed E-state index contributed by atoms with van der Waals surface area (Å²) in [5, 5.41) is 2.82. The zero-order valence-electron chi connectivity index (χ0n) is 19.7. The number of benzene rings is 1. The highest BCUT2D eigenvalue weighted by atomic mass is 32.2. The second-order valence-electron chi connectivity index (χ2n) is 8.84. The van der Waals surface area contributed by atoms with Gasteiger partial charge < -0.3 is 19.4 Å². The predicted molar refractivity (Wildman–Crippen MR) is 124 cm³/mol. The Balaban J connectivity index is 1.57. The van der Waals surface area contributed by atoms with E-state index >= 15 is 0 Å². The number of sulfonamides is 1. The highest BCUT2D eigenvalue weighted by Crippen LogP contribution is 2.30. The Morgan fingerprint density at radius 3 is 2.53 bits per heavy atom. The fourth-order valence-corrected chi connectivity index (χ4v) is 6.29. The number of nitrogens with zero attached hydrogens (tertiary/aromatic N) is 3. The quantitative estimate of drug-likeness (QED) is 0.587. The van der Waals surface area contributed by atoms with Crippen LogP contribution in [0.2, 0.25) is 0 Å². The first-order valence-electron chi connectivity index (χ1n) is 11.8. The van der Waals surface area contributed by atoms with Crippen LogP contribution in [0, 0.1) is 0 Å². The zero-order chi connectivity index (χ0) is 24.3. The lowest BCUT2D eigenvalue weighted by Crippen LogP contribution is -2.55. The van der Waals surface area contributed by atoms with E-state index in [1.807, 2.05) is 11.5 Å². The van der Waals surface area contributed by atoms with Gasteiger partial charge in [-0.05, 0) is 38.0 Å². The molecule has 0 bridgehead atoms. The maximum absolute atomic E-state index is 13.0. The van der Waals surface area contributed by atoms with Crippen LogP contribution in [0.5, 0.6) is 0 Å². The molecule has 1 amide bonds. The molecule has 1 saturated carbocycles. The third-order valence-corrected chi connectivity index (χ3v) is 8.46. The van der Waals surface area contributed by atoms with E-state index in [4.69, 9.17) is 9.47 Å². The number of morpholine rings is 1. The van der Waals surface area contributed by atoms with Crippen LogP contribution in [-0.4, -0.2) is 66.0 Å². The SMILES string of the molecule is CCn1c(COC(=O)C2(NC(C)=O)CCCCC2)nc2cc(S(=O)(=O)N3CCOCC3)ccc21. The molecule has 2 heterocycles. The first kappa shape index (κ1) is 24.6. The van der Waals surface area contributed by atoms with E-state index in [1.165, 1.54) is 11.2 Å². The number of hydrogen-bond acceptors (Lipinski definition) is 7. The van der Waals surface area contributed by atoms with Gasteiger partial charge in [-0.2, -0.15) is 4.31 Å². The van der Waals surface area contributed by atoms with Crippen molar-refractivity contribution in [3.8, 4) is 0 Å². The first-order valence-corrected chi connectivity index (χ1v) is 13.2. The van der Waals surface area contributed by atoms with E-state index in [-0.39, 0.29) is 17.4 Å². The number of carbonyl (C=O) groups excluding carboxylic acids is 2. The summed E-state index contributed by atoms with van der Waals surface area (Å²) < 4.78 is 40.3. The van der Waals surface area contributed by atoms with Crippen molar-refractivity contribution in [3.63, 3.8) is 0 Å². The Hall–Kier alpha value is -2.50. The molecule has 2 aromatic rings. The Bertz CT molecular complexity index is 1160. The topological polar surface area (TPSA) is 120 Å². The van der Waals surface area contributed by atoms with Gasteiger partial charge in [0.15, 0.2) is 0 Å². The highest BCUT2D eigenvalue weighted by molar-refractivity contribution is 7.89. The molecule has 186 valence electrons. The van der Waals surface area contributed by atoms with E-state index in [9.17, 15) is 18.0 Å². The van der Waals surface area contributed by atoms with Gasteiger partial charge in [-0.25, -0.2) is 18.2 Å². The van der Waals surface area contributed by atoms with Crippen molar-refractivity contribution in [3.05, 3.63) is 24.0 Å². The number of fused-ring (bicyclic) bond motifs is 1. The number of amides is 1. The van der Waals surface area contributed by atoms with Gasteiger partial charge in [0.2, 0.25) is 15.9 Å². The molecule has 1 aromatic carbocycles. The average molecular weight is 493 g/mol. The normalized spacial score (nSPS) is 19.1. The number of esters is 1. The Morgan fingerprint density at radius 1 is 1.18 bits per heavy atom. The molecule has 11 heteroatoms. The molecule has 0 spiro atoms. The molecule has 4 rings (SSSR count). The fourth-order valence-electron chi connectivity index (χ4n) is 4.86. The molecular formula is C23H32N4O6S. The van der Waals surface area contributed by atoms with Gasteiger partial charge >= 0.3 is 5.97 Å². The van der Waals surface area contributed by atoms with Crippen LogP contribution < -0.4 is 5.32 Å². The largest absolute Gasteiger partial charge is 0.456 e. The van der Waals surface area contributed by atoms with Crippen LogP contribution >= 0.6 is 0 Å². The van der Waals surface area contributed by atoms with Crippen molar-refractivity contribution in [1.29, 1.82) is 0 Å². The summed E-state index contributed by atoms with van der Waals surface area (Å²) in [5.74, 6) is -0.179. The van der Waals surface area contributed by atoms with Gasteiger partial charge in [0, 0.05) is 26.6 Å². The minimum Gasteiger partial charge on any atom is -0.456 e. The number of carbonyl (C=O) groups is 2. The monoisotopic (exact) mass is 492 g/mol. The van der Waals surface area contributed by atoms with Gasteiger partial charge in [-0.15, -0.1) is 0 Å². The summed E-state index contributed by atoms with van der Waals surface area (Å²) in [4.78, 5) is 29.6. The zero-order valence-corrected chi connectivity index (χ0v) is 20.5. The van der Waals surface area contributed by atoms with Crippen molar-refractivity contribution in [2.24, 2.45) is 0 Å². The van der Waals surface area contributed by atoms with E-state index in [1.54, 1.807) is 18.2 Å². The second kappa shape index (κ2) is 10.0. The van der Waals surface area contributed by atoms with Gasteiger partial charge in [0.1, 0.15) is 18.0 Å². The lowest BCUT2D eigenvalue weighted by molar-refractivity contribution is -0.157. The number of nitrogens with one attached hydrogen (secondary N) is 1. The number of hydrogen-bond donors (Lipinski definition) is 1. The predicted octanol–water partition coefficient (Wildman–Crippen LogP) is 1.96. The Labute approximate surface area is 199 Å². The van der Waals surface area contributed by atoms with E-state index in [2.05, 4.69) is 10.3 Å². The molecule has 2 fully saturated rings. The van der Waals surface area contributed by atoms with Crippen LogP contribution in [0.1, 0.15) is 51.8 Å². The maximum atomic E-state index is 13.0. The molecule has 0 unspecified atom stereocenters. The lowest BCUT2D eigenvalue weighted by atomic mass is 9.81. The lowest BCUT2D eigenvalue weighted by Gasteiger charge is -2.35. The Morgan fingerprint density at radius 2 is 1.88 bits per heavy atom. The number of aryl methyl sites for hydroxylation is 1. The minimum absolute atomic E-state index is 0.0613. The molecule has 10 nitrogen and oxygen atoms in total. The van der Waals surface area contributed by atoms with E-state index in [0.717, 1.165) is 24.8 Å². The molecular weight excluding hydrogens is 460 g/mol. The number of ether oxygens (including phenoxy) is 2. The highest BCUT2D eigenvalue weighted by Gasteiger charge is 2.42. The Kier molecular flexibility index (Phi) is 7.25. The summed E-state index contributed by atoms with van der Waals surface area (Å²) in [6, 6.07) is 4.90. The van der Waals surface area contributed by atoms with Crippen LogP contribution in [-0.2, 0) is 42.2 Å². The van der Waals surface area contributed by atoms with Gasteiger partial charge in [0.25, 0.3) is 0 Å². The molecule has 2 aliphatic rings. The molecule has 0 atom stereocenters. The second-order valence-corrected chi connectivity index (χ2v) is 10.8. The molecule has 1 aliphatic carbocycles. The third-order valence-electron chi connectivity index (χ3n) is 6.57. The summed E-state index contributed by atoms with van der Waals surface area (Å²) >= 11 is 0. The minimum atomic E-state index is -3.65. The molecule has 1 aliphatic heterocycles. The van der Waals surface area contributed by atoms with Crippen molar-refractivity contribution in [1.82, 2.24) is 19.2 Å². The molecule has 1 aromatic heterocycles. The third kappa shape index (κ3) is 4.82. The smallest absolute Gasteiger partial charge is 0.332 e. The van der Waals surface area contributed by atoms with Crippen LogP contribution in [0.4, 0.5) is 0 Å². The van der Waals surface area contributed by atoms with Crippen molar-refractivity contribution < 1.29 is 27.5 Å². The molecule has 0 radical (unpaired) electrons. The summed E-state index contributed by atoms with van der Waals surface area (Å²) in [7, 11) is -3.65. The van der Waals surface area contributed by atoms with Gasteiger partial charge in [0.05, 0.1) is 29.1 Å². The van der Waals surface area contributed by atoms with Crippen molar-refractivity contribution in [2.75, 3.05) is 26.3 Å². The molecule has 1 N–H and O–H groups in total. The number of rotatable bonds is 7. The van der Waals surface area contributed by atoms with Crippen molar-refractivity contribution >= 4 is 32.9 Å². The van der Waals surface area contributed by atoms with Gasteiger partial charge in [-0.1, -0.05) is 19.3 Å². The number of imidazole rings is 1. The maximum Gasteiger partial charge on any atom is 0.332 e. The van der Waals surface area contributed by atoms with Crippen LogP contribution in [0.15, 0.2) is 23.1 Å². The standard InChI is InChI=1S/C23H32N4O6S/c1-3-27-20-8-7-18(34(30,31)26-11-13-32-14-12-26)15-19(20)24-21(27)16-33-22(29)23(25-17(2)28)9-5-4-6-10-23/h7-8,15H,3-6,9-14,16H2,1-2H3,(H,25,28). The first-order chi connectivity index (χ1) is 16.3. The van der Waals surface area contributed by atoms with Crippen molar-refractivity contribution in [2.45, 2.75) is 69.5 Å². The van der Waals surface area contributed by atoms with E-state index < -0.39 is 21.5 Å². The molecule has 1 saturated heterocycles. The fraction of sp³-hybridized carbons (Fsp3) is 0.609. The molecule has 34 heavy (non-hydrogen) atoms. The number of aromatic nitrogens is 2. The average Bonchev–Trinajstić information content (AvgIpc) is 3.19. The van der Waals surface area contributed by atoms with E-state index in [0.29, 0.717) is 57.0 Å². The summed E-state index contributed by atoms with van der Waals surface area (Å²) in [6.07, 6.45) is 3.83. The van der Waals surface area contributed by atoms with Gasteiger partial charge in [-0.3, -0.25) is 4.79 Å².